The minimum Gasteiger partial charge on any atom is -0.368 e. The number of urea groups is 1. The van der Waals surface area contributed by atoms with Crippen LogP contribution < -0.4 is 16.0 Å². The van der Waals surface area contributed by atoms with Gasteiger partial charge in [0.15, 0.2) is 5.82 Å². The third-order valence-electron chi connectivity index (χ3n) is 3.23. The van der Waals surface area contributed by atoms with E-state index in [2.05, 4.69) is 25.9 Å². The van der Waals surface area contributed by atoms with E-state index in [0.717, 1.165) is 6.54 Å². The fourth-order valence-electron chi connectivity index (χ4n) is 2.16. The Kier molecular flexibility index (Phi) is 5.02. The number of nitrogens with zero attached hydrogens (tertiary/aromatic N) is 2. The Bertz CT molecular complexity index is 674. The Morgan fingerprint density at radius 2 is 2.04 bits per heavy atom. The molecule has 7 nitrogen and oxygen atoms in total. The maximum atomic E-state index is 11.9. The monoisotopic (exact) mass is 333 g/mol. The lowest BCUT2D eigenvalue weighted by Gasteiger charge is -2.22. The van der Waals surface area contributed by atoms with E-state index < -0.39 is 0 Å². The molecule has 2 heterocycles. The van der Waals surface area contributed by atoms with E-state index in [1.54, 1.807) is 36.7 Å². The molecular formula is C15H16ClN5O2. The van der Waals surface area contributed by atoms with Gasteiger partial charge in [0, 0.05) is 23.8 Å². The van der Waals surface area contributed by atoms with Crippen molar-refractivity contribution in [2.45, 2.75) is 6.10 Å². The number of nitrogens with one attached hydrogen (secondary N) is 3. The van der Waals surface area contributed by atoms with Gasteiger partial charge >= 0.3 is 6.03 Å². The van der Waals surface area contributed by atoms with Crippen molar-refractivity contribution >= 4 is 29.0 Å². The van der Waals surface area contributed by atoms with E-state index in [1.807, 2.05) is 0 Å². The second-order valence-electron chi connectivity index (χ2n) is 4.98. The predicted octanol–water partition coefficient (Wildman–Crippen LogP) is 2.43. The molecular weight excluding hydrogens is 318 g/mol. The van der Waals surface area contributed by atoms with Gasteiger partial charge in [-0.1, -0.05) is 17.7 Å². The molecule has 23 heavy (non-hydrogen) atoms. The van der Waals surface area contributed by atoms with E-state index in [0.29, 0.717) is 35.4 Å². The van der Waals surface area contributed by atoms with Gasteiger partial charge in [-0.2, -0.15) is 0 Å². The third-order valence-corrected chi connectivity index (χ3v) is 3.46. The molecule has 3 rings (SSSR count). The van der Waals surface area contributed by atoms with E-state index in [4.69, 9.17) is 16.3 Å². The van der Waals surface area contributed by atoms with Crippen molar-refractivity contribution in [3.63, 3.8) is 0 Å². The maximum Gasteiger partial charge on any atom is 0.323 e. The SMILES string of the molecule is O=C(Nc1cnc(C2CNCCO2)nc1)Nc1cccc(Cl)c1. The molecule has 2 aromatic rings. The first-order chi connectivity index (χ1) is 11.2. The van der Waals surface area contributed by atoms with Crippen molar-refractivity contribution in [3.05, 3.63) is 47.5 Å². The Hall–Kier alpha value is -2.22. The zero-order valence-corrected chi connectivity index (χ0v) is 13.0. The average Bonchev–Trinajstić information content (AvgIpc) is 2.56. The Balaban J connectivity index is 1.58. The van der Waals surface area contributed by atoms with Gasteiger partial charge < -0.3 is 20.7 Å². The highest BCUT2D eigenvalue weighted by molar-refractivity contribution is 6.30. The first-order valence-corrected chi connectivity index (χ1v) is 7.56. The van der Waals surface area contributed by atoms with Crippen LogP contribution in [0.25, 0.3) is 0 Å². The van der Waals surface area contributed by atoms with Crippen LogP contribution in [0.4, 0.5) is 16.2 Å². The number of aromatic nitrogens is 2. The van der Waals surface area contributed by atoms with Crippen molar-refractivity contribution in [2.75, 3.05) is 30.3 Å². The van der Waals surface area contributed by atoms with Crippen LogP contribution in [0.2, 0.25) is 5.02 Å². The predicted molar refractivity (Wildman–Crippen MR) is 87.7 cm³/mol. The summed E-state index contributed by atoms with van der Waals surface area (Å²) < 4.78 is 5.58. The molecule has 1 saturated heterocycles. The molecule has 0 spiro atoms. The molecule has 1 aromatic carbocycles. The first kappa shape index (κ1) is 15.7. The summed E-state index contributed by atoms with van der Waals surface area (Å²) in [6.07, 6.45) is 2.95. The smallest absolute Gasteiger partial charge is 0.323 e. The summed E-state index contributed by atoms with van der Waals surface area (Å²) in [6.45, 7) is 2.15. The van der Waals surface area contributed by atoms with Crippen LogP contribution in [0.15, 0.2) is 36.7 Å². The molecule has 0 radical (unpaired) electrons. The maximum absolute atomic E-state index is 11.9. The summed E-state index contributed by atoms with van der Waals surface area (Å²) in [5.41, 5.74) is 1.10. The van der Waals surface area contributed by atoms with E-state index in [-0.39, 0.29) is 12.1 Å². The number of ether oxygens (including phenoxy) is 1. The number of amides is 2. The van der Waals surface area contributed by atoms with Crippen molar-refractivity contribution < 1.29 is 9.53 Å². The van der Waals surface area contributed by atoms with Gasteiger partial charge in [0.25, 0.3) is 0 Å². The fourth-order valence-corrected chi connectivity index (χ4v) is 2.35. The number of benzene rings is 1. The summed E-state index contributed by atoms with van der Waals surface area (Å²) in [5.74, 6) is 0.595. The van der Waals surface area contributed by atoms with Crippen LogP contribution in [0.1, 0.15) is 11.9 Å². The molecule has 1 fully saturated rings. The van der Waals surface area contributed by atoms with Crippen LogP contribution in [-0.4, -0.2) is 35.7 Å². The second kappa shape index (κ2) is 7.36. The Labute approximate surface area is 138 Å². The number of hydrogen-bond acceptors (Lipinski definition) is 5. The van der Waals surface area contributed by atoms with Crippen LogP contribution in [-0.2, 0) is 4.74 Å². The highest BCUT2D eigenvalue weighted by Gasteiger charge is 2.18. The molecule has 0 aliphatic carbocycles. The average molecular weight is 334 g/mol. The van der Waals surface area contributed by atoms with Crippen molar-refractivity contribution in [1.29, 1.82) is 0 Å². The molecule has 120 valence electrons. The van der Waals surface area contributed by atoms with Crippen LogP contribution in [0, 0.1) is 0 Å². The van der Waals surface area contributed by atoms with Crippen LogP contribution >= 0.6 is 11.6 Å². The fraction of sp³-hybridized carbons (Fsp3) is 0.267. The molecule has 0 bridgehead atoms. The topological polar surface area (TPSA) is 88.2 Å². The van der Waals surface area contributed by atoms with Crippen LogP contribution in [0.3, 0.4) is 0 Å². The Morgan fingerprint density at radius 3 is 2.74 bits per heavy atom. The molecule has 3 N–H and O–H groups in total. The van der Waals surface area contributed by atoms with Gasteiger partial charge in [-0.3, -0.25) is 0 Å². The molecule has 1 aliphatic rings. The standard InChI is InChI=1S/C15H16ClN5O2/c16-10-2-1-3-11(6-10)20-15(22)21-12-7-18-14(19-8-12)13-9-17-4-5-23-13/h1-3,6-8,13,17H,4-5,9H2,(H2,20,21,22). The summed E-state index contributed by atoms with van der Waals surface area (Å²) in [6, 6.07) is 6.51. The summed E-state index contributed by atoms with van der Waals surface area (Å²) in [5, 5.41) is 9.12. The van der Waals surface area contributed by atoms with Crippen molar-refractivity contribution in [2.24, 2.45) is 0 Å². The normalized spacial score (nSPS) is 17.5. The summed E-state index contributed by atoms with van der Waals surface area (Å²) >= 11 is 5.87. The quantitative estimate of drug-likeness (QED) is 0.803. The number of anilines is 2. The minimum absolute atomic E-state index is 0.155. The van der Waals surface area contributed by atoms with Gasteiger partial charge in [-0.25, -0.2) is 14.8 Å². The lowest BCUT2D eigenvalue weighted by Crippen LogP contribution is -2.34. The second-order valence-corrected chi connectivity index (χ2v) is 5.42. The minimum atomic E-state index is -0.390. The molecule has 2 amide bonds. The van der Waals surface area contributed by atoms with Gasteiger partial charge in [0.1, 0.15) is 6.10 Å². The number of carbonyl (C=O) groups is 1. The lowest BCUT2D eigenvalue weighted by molar-refractivity contribution is 0.0221. The lowest BCUT2D eigenvalue weighted by atomic mass is 10.3. The first-order valence-electron chi connectivity index (χ1n) is 7.18. The molecule has 1 aliphatic heterocycles. The zero-order chi connectivity index (χ0) is 16.1. The van der Waals surface area contributed by atoms with Crippen molar-refractivity contribution in [1.82, 2.24) is 15.3 Å². The summed E-state index contributed by atoms with van der Waals surface area (Å²) in [7, 11) is 0. The van der Waals surface area contributed by atoms with E-state index in [1.165, 1.54) is 0 Å². The number of halogens is 1. The zero-order valence-electron chi connectivity index (χ0n) is 12.3. The third kappa shape index (κ3) is 4.38. The highest BCUT2D eigenvalue weighted by atomic mass is 35.5. The van der Waals surface area contributed by atoms with Crippen molar-refractivity contribution in [3.8, 4) is 0 Å². The van der Waals surface area contributed by atoms with E-state index >= 15 is 0 Å². The molecule has 0 saturated carbocycles. The number of rotatable bonds is 3. The van der Waals surface area contributed by atoms with Gasteiger partial charge in [0.2, 0.25) is 0 Å². The van der Waals surface area contributed by atoms with Gasteiger partial charge in [0.05, 0.1) is 24.7 Å². The molecule has 1 unspecified atom stereocenters. The van der Waals surface area contributed by atoms with E-state index in [9.17, 15) is 4.79 Å². The van der Waals surface area contributed by atoms with Crippen LogP contribution in [0.5, 0.6) is 0 Å². The van der Waals surface area contributed by atoms with Gasteiger partial charge in [-0.05, 0) is 18.2 Å². The molecule has 1 aromatic heterocycles. The molecule has 8 heteroatoms. The summed E-state index contributed by atoms with van der Waals surface area (Å²) in [4.78, 5) is 20.4. The largest absolute Gasteiger partial charge is 0.368 e. The van der Waals surface area contributed by atoms with Gasteiger partial charge in [-0.15, -0.1) is 0 Å². The molecule has 1 atom stereocenters. The Morgan fingerprint density at radius 1 is 1.26 bits per heavy atom. The number of carbonyl (C=O) groups excluding carboxylic acids is 1. The number of morpholine rings is 1. The number of hydrogen-bond donors (Lipinski definition) is 3. The highest BCUT2D eigenvalue weighted by Crippen LogP contribution is 2.17.